The Balaban J connectivity index is 3.36. The number of nitrogens with two attached hydrogens (primary N) is 1. The second-order valence-electron chi connectivity index (χ2n) is 2.86. The van der Waals surface area contributed by atoms with Crippen molar-refractivity contribution in [3.05, 3.63) is 29.1 Å². The first kappa shape index (κ1) is 11.8. The first-order valence-electron chi connectivity index (χ1n) is 4.12. The molecule has 0 heterocycles. The van der Waals surface area contributed by atoms with Crippen LogP contribution in [0, 0.1) is 17.5 Å². The molecule has 0 saturated heterocycles. The quantitative estimate of drug-likeness (QED) is 0.751. The Labute approximate surface area is 84.3 Å². The van der Waals surface area contributed by atoms with E-state index in [1.807, 2.05) is 0 Å². The minimum atomic E-state index is -1.43. The van der Waals surface area contributed by atoms with Crippen molar-refractivity contribution in [2.24, 2.45) is 5.73 Å². The van der Waals surface area contributed by atoms with Crippen LogP contribution in [0.15, 0.2) is 6.07 Å². The van der Waals surface area contributed by atoms with Crippen molar-refractivity contribution in [3.8, 4) is 5.75 Å². The van der Waals surface area contributed by atoms with E-state index >= 15 is 0 Å². The number of aliphatic hydroxyl groups excluding tert-OH is 1. The van der Waals surface area contributed by atoms with Crippen molar-refractivity contribution in [1.82, 2.24) is 0 Å². The number of hydrogen-bond acceptors (Lipinski definition) is 3. The van der Waals surface area contributed by atoms with Crippen LogP contribution in [0.1, 0.15) is 11.7 Å². The van der Waals surface area contributed by atoms with Gasteiger partial charge in [-0.3, -0.25) is 0 Å². The molecule has 3 nitrogen and oxygen atoms in total. The molecule has 0 bridgehead atoms. The average molecular weight is 221 g/mol. The highest BCUT2D eigenvalue weighted by Crippen LogP contribution is 2.29. The van der Waals surface area contributed by atoms with Crippen molar-refractivity contribution in [2.45, 2.75) is 6.10 Å². The van der Waals surface area contributed by atoms with Crippen molar-refractivity contribution in [3.63, 3.8) is 0 Å². The predicted octanol–water partition coefficient (Wildman–Crippen LogP) is 1.10. The van der Waals surface area contributed by atoms with Crippen LogP contribution < -0.4 is 10.5 Å². The van der Waals surface area contributed by atoms with Crippen LogP contribution in [0.4, 0.5) is 13.2 Å². The van der Waals surface area contributed by atoms with Gasteiger partial charge in [-0.2, -0.15) is 4.39 Å². The molecule has 0 aliphatic rings. The van der Waals surface area contributed by atoms with Crippen molar-refractivity contribution < 1.29 is 23.0 Å². The van der Waals surface area contributed by atoms with Gasteiger partial charge in [-0.05, 0) is 6.07 Å². The van der Waals surface area contributed by atoms with Crippen LogP contribution >= 0.6 is 0 Å². The molecule has 15 heavy (non-hydrogen) atoms. The third kappa shape index (κ3) is 2.05. The molecule has 0 fully saturated rings. The van der Waals surface area contributed by atoms with Gasteiger partial charge in [0.2, 0.25) is 5.82 Å². The smallest absolute Gasteiger partial charge is 0.203 e. The summed E-state index contributed by atoms with van der Waals surface area (Å²) in [5, 5.41) is 9.24. The van der Waals surface area contributed by atoms with Crippen LogP contribution in [-0.2, 0) is 0 Å². The summed E-state index contributed by atoms with van der Waals surface area (Å²) in [6.45, 7) is -0.300. The molecule has 0 saturated carbocycles. The number of methoxy groups -OCH3 is 1. The van der Waals surface area contributed by atoms with Crippen molar-refractivity contribution in [1.29, 1.82) is 0 Å². The lowest BCUT2D eigenvalue weighted by Crippen LogP contribution is -2.14. The van der Waals surface area contributed by atoms with Gasteiger partial charge in [0.05, 0.1) is 13.2 Å². The summed E-state index contributed by atoms with van der Waals surface area (Å²) in [5.74, 6) is -4.73. The monoisotopic (exact) mass is 221 g/mol. The van der Waals surface area contributed by atoms with Gasteiger partial charge in [-0.15, -0.1) is 0 Å². The molecule has 1 unspecified atom stereocenters. The molecule has 84 valence electrons. The number of rotatable bonds is 3. The Morgan fingerprint density at radius 1 is 1.40 bits per heavy atom. The zero-order valence-corrected chi connectivity index (χ0v) is 7.93. The lowest BCUT2D eigenvalue weighted by Gasteiger charge is -2.12. The first-order chi connectivity index (χ1) is 7.02. The summed E-state index contributed by atoms with van der Waals surface area (Å²) in [7, 11) is 1.000. The number of aliphatic hydroxyl groups is 1. The molecule has 0 amide bonds. The Bertz CT molecular complexity index is 371. The molecule has 0 aromatic heterocycles. The normalized spacial score (nSPS) is 12.7. The third-order valence-electron chi connectivity index (χ3n) is 1.93. The van der Waals surface area contributed by atoms with E-state index < -0.39 is 34.9 Å². The van der Waals surface area contributed by atoms with E-state index in [4.69, 9.17) is 5.73 Å². The lowest BCUT2D eigenvalue weighted by atomic mass is 10.1. The Morgan fingerprint density at radius 2 is 2.00 bits per heavy atom. The van der Waals surface area contributed by atoms with E-state index in [1.54, 1.807) is 0 Å². The van der Waals surface area contributed by atoms with Crippen LogP contribution in [0.2, 0.25) is 0 Å². The number of benzene rings is 1. The van der Waals surface area contributed by atoms with Gasteiger partial charge >= 0.3 is 0 Å². The summed E-state index contributed by atoms with van der Waals surface area (Å²) in [4.78, 5) is 0. The Kier molecular flexibility index (Phi) is 3.54. The number of halogens is 3. The molecule has 1 aromatic rings. The maximum Gasteiger partial charge on any atom is 0.203 e. The molecule has 0 aliphatic carbocycles. The highest BCUT2D eigenvalue weighted by molar-refractivity contribution is 5.35. The summed E-state index contributed by atoms with van der Waals surface area (Å²) in [6, 6.07) is 0.560. The second-order valence-corrected chi connectivity index (χ2v) is 2.86. The zero-order valence-electron chi connectivity index (χ0n) is 7.93. The van der Waals surface area contributed by atoms with E-state index in [0.29, 0.717) is 6.07 Å². The molecule has 1 aromatic carbocycles. The van der Waals surface area contributed by atoms with Gasteiger partial charge in [0.15, 0.2) is 17.4 Å². The van der Waals surface area contributed by atoms with Crippen LogP contribution in [0.25, 0.3) is 0 Å². The van der Waals surface area contributed by atoms with Gasteiger partial charge in [0.25, 0.3) is 0 Å². The van der Waals surface area contributed by atoms with E-state index in [2.05, 4.69) is 4.74 Å². The molecule has 3 N–H and O–H groups in total. The minimum Gasteiger partial charge on any atom is -0.491 e. The van der Waals surface area contributed by atoms with E-state index in [0.717, 1.165) is 7.11 Å². The number of ether oxygens (including phenoxy) is 1. The fourth-order valence-electron chi connectivity index (χ4n) is 1.15. The fourth-order valence-corrected chi connectivity index (χ4v) is 1.15. The highest BCUT2D eigenvalue weighted by atomic mass is 19.2. The first-order valence-corrected chi connectivity index (χ1v) is 4.12. The summed E-state index contributed by atoms with van der Waals surface area (Å²) < 4.78 is 43.6. The lowest BCUT2D eigenvalue weighted by molar-refractivity contribution is 0.179. The highest BCUT2D eigenvalue weighted by Gasteiger charge is 2.22. The van der Waals surface area contributed by atoms with E-state index in [-0.39, 0.29) is 6.54 Å². The van der Waals surface area contributed by atoms with Gasteiger partial charge < -0.3 is 15.6 Å². The van der Waals surface area contributed by atoms with Gasteiger partial charge in [0.1, 0.15) is 0 Å². The minimum absolute atomic E-state index is 0.300. The van der Waals surface area contributed by atoms with Crippen molar-refractivity contribution in [2.75, 3.05) is 13.7 Å². The molecule has 1 atom stereocenters. The Hall–Kier alpha value is -1.27. The molecular weight excluding hydrogens is 211 g/mol. The summed E-state index contributed by atoms with van der Waals surface area (Å²) >= 11 is 0. The number of hydrogen-bond donors (Lipinski definition) is 2. The molecule has 0 aliphatic heterocycles. The largest absolute Gasteiger partial charge is 0.491 e. The van der Waals surface area contributed by atoms with E-state index in [1.165, 1.54) is 0 Å². The predicted molar refractivity (Wildman–Crippen MR) is 46.9 cm³/mol. The van der Waals surface area contributed by atoms with Crippen LogP contribution in [0.5, 0.6) is 5.75 Å². The fraction of sp³-hybridized carbons (Fsp3) is 0.333. The summed E-state index contributed by atoms with van der Waals surface area (Å²) in [5.41, 5.74) is 4.66. The van der Waals surface area contributed by atoms with Crippen LogP contribution in [0.3, 0.4) is 0 Å². The van der Waals surface area contributed by atoms with Crippen molar-refractivity contribution >= 4 is 0 Å². The van der Waals surface area contributed by atoms with Gasteiger partial charge in [-0.1, -0.05) is 0 Å². The van der Waals surface area contributed by atoms with Crippen LogP contribution in [-0.4, -0.2) is 18.8 Å². The molecular formula is C9H10F3NO2. The zero-order chi connectivity index (χ0) is 11.6. The maximum atomic E-state index is 13.4. The Morgan fingerprint density at radius 3 is 2.47 bits per heavy atom. The van der Waals surface area contributed by atoms with Gasteiger partial charge in [0, 0.05) is 12.1 Å². The SMILES string of the molecule is COc1c(F)c(F)cc(C(O)CN)c1F. The maximum absolute atomic E-state index is 13.4. The van der Waals surface area contributed by atoms with Gasteiger partial charge in [-0.25, -0.2) is 8.78 Å². The molecule has 6 heteroatoms. The third-order valence-corrected chi connectivity index (χ3v) is 1.93. The standard InChI is InChI=1S/C9H10F3NO2/c1-15-9-7(11)4(6(14)3-13)2-5(10)8(9)12/h2,6,14H,3,13H2,1H3. The summed E-state index contributed by atoms with van der Waals surface area (Å²) in [6.07, 6.45) is -1.39. The topological polar surface area (TPSA) is 55.5 Å². The average Bonchev–Trinajstić information content (AvgIpc) is 2.23. The molecule has 0 radical (unpaired) electrons. The molecule has 0 spiro atoms. The van der Waals surface area contributed by atoms with E-state index in [9.17, 15) is 18.3 Å². The molecule has 1 rings (SSSR count). The second kappa shape index (κ2) is 4.50.